The van der Waals surface area contributed by atoms with Crippen LogP contribution >= 0.6 is 11.3 Å². The molecule has 0 radical (unpaired) electrons. The fourth-order valence-corrected chi connectivity index (χ4v) is 5.34. The minimum atomic E-state index is -0.209. The lowest BCUT2D eigenvalue weighted by molar-refractivity contribution is 0.462. The lowest BCUT2D eigenvalue weighted by Crippen LogP contribution is -2.33. The number of thiophene rings is 1. The highest BCUT2D eigenvalue weighted by atomic mass is 32.1. The second-order valence-electron chi connectivity index (χ2n) is 7.67. The predicted octanol–water partition coefficient (Wildman–Crippen LogP) is 3.69. The number of aromatic nitrogens is 3. The largest absolute Gasteiger partial charge is 0.310 e. The maximum Gasteiger partial charge on any atom is 0.262 e. The van der Waals surface area contributed by atoms with Crippen molar-refractivity contribution in [1.29, 1.82) is 0 Å². The molecule has 3 aromatic heterocycles. The molecule has 0 aliphatic heterocycles. The summed E-state index contributed by atoms with van der Waals surface area (Å²) in [6.45, 7) is 1.13. The van der Waals surface area contributed by atoms with Gasteiger partial charge in [-0.3, -0.25) is 14.3 Å². The Morgan fingerprint density at radius 1 is 1.20 bits per heavy atom. The molecule has 0 saturated carbocycles. The van der Waals surface area contributed by atoms with E-state index < -0.39 is 0 Å². The van der Waals surface area contributed by atoms with Gasteiger partial charge in [-0.05, 0) is 60.2 Å². The smallest absolute Gasteiger partial charge is 0.262 e. The quantitative estimate of drug-likeness (QED) is 0.535. The molecule has 5 nitrogen and oxygen atoms in total. The van der Waals surface area contributed by atoms with Gasteiger partial charge in [0.2, 0.25) is 0 Å². The molecule has 5 rings (SSSR count). The van der Waals surface area contributed by atoms with Gasteiger partial charge in [-0.25, -0.2) is 9.37 Å². The van der Waals surface area contributed by atoms with Crippen LogP contribution in [0.15, 0.2) is 59.9 Å². The van der Waals surface area contributed by atoms with E-state index in [2.05, 4.69) is 15.3 Å². The van der Waals surface area contributed by atoms with Crippen molar-refractivity contribution in [2.75, 3.05) is 0 Å². The minimum absolute atomic E-state index is 0.0282. The van der Waals surface area contributed by atoms with Gasteiger partial charge in [0.05, 0.1) is 18.3 Å². The van der Waals surface area contributed by atoms with Gasteiger partial charge in [-0.2, -0.15) is 0 Å². The molecule has 1 aromatic carbocycles. The zero-order valence-corrected chi connectivity index (χ0v) is 17.2. The summed E-state index contributed by atoms with van der Waals surface area (Å²) in [4.78, 5) is 23.8. The highest BCUT2D eigenvalue weighted by Crippen LogP contribution is 2.33. The number of hydrogen-bond donors (Lipinski definition) is 1. The van der Waals surface area contributed by atoms with E-state index in [9.17, 15) is 9.18 Å². The van der Waals surface area contributed by atoms with E-state index in [4.69, 9.17) is 0 Å². The summed E-state index contributed by atoms with van der Waals surface area (Å²) in [6, 6.07) is 10.8. The van der Waals surface area contributed by atoms with Gasteiger partial charge >= 0.3 is 0 Å². The summed E-state index contributed by atoms with van der Waals surface area (Å²) >= 11 is 1.62. The van der Waals surface area contributed by atoms with E-state index in [-0.39, 0.29) is 11.4 Å². The normalized spacial score (nSPS) is 16.0. The van der Waals surface area contributed by atoms with Crippen molar-refractivity contribution in [2.24, 2.45) is 0 Å². The molecule has 0 saturated heterocycles. The zero-order valence-electron chi connectivity index (χ0n) is 16.3. The number of nitrogens with zero attached hydrogens (tertiary/aromatic N) is 3. The number of aryl methyl sites for hydroxylation is 1. The number of halogens is 1. The number of nitrogens with one attached hydrogen (secondary N) is 1. The highest BCUT2D eigenvalue weighted by molar-refractivity contribution is 7.18. The molecule has 1 aliphatic rings. The average Bonchev–Trinajstić information content (AvgIpc) is 3.13. The summed E-state index contributed by atoms with van der Waals surface area (Å²) in [5.74, 6) is -0.209. The van der Waals surface area contributed by atoms with Crippen LogP contribution in [0, 0.1) is 5.82 Å². The summed E-state index contributed by atoms with van der Waals surface area (Å²) in [5.41, 5.74) is 3.15. The molecule has 152 valence electrons. The van der Waals surface area contributed by atoms with Crippen molar-refractivity contribution in [3.05, 3.63) is 92.9 Å². The van der Waals surface area contributed by atoms with Crippen LogP contribution in [0.25, 0.3) is 10.2 Å². The third-order valence-corrected chi connectivity index (χ3v) is 6.78. The van der Waals surface area contributed by atoms with Gasteiger partial charge in [-0.15, -0.1) is 11.3 Å². The van der Waals surface area contributed by atoms with E-state index >= 15 is 0 Å². The monoisotopic (exact) mass is 420 g/mol. The maximum absolute atomic E-state index is 13.4. The van der Waals surface area contributed by atoms with Crippen LogP contribution in [0.5, 0.6) is 0 Å². The lowest BCUT2D eigenvalue weighted by Gasteiger charge is -2.23. The molecule has 0 fully saturated rings. The second kappa shape index (κ2) is 8.08. The average molecular weight is 421 g/mol. The van der Waals surface area contributed by atoms with Gasteiger partial charge in [0.1, 0.15) is 10.6 Å². The van der Waals surface area contributed by atoms with E-state index in [0.29, 0.717) is 19.1 Å². The summed E-state index contributed by atoms with van der Waals surface area (Å²) < 4.78 is 15.1. The fraction of sp³-hybridized carbons (Fsp3) is 0.261. The Bertz CT molecular complexity index is 1250. The van der Waals surface area contributed by atoms with Gasteiger partial charge in [0, 0.05) is 29.9 Å². The van der Waals surface area contributed by atoms with Crippen LogP contribution in [0.3, 0.4) is 0 Å². The second-order valence-corrected chi connectivity index (χ2v) is 8.75. The number of fused-ring (bicyclic) bond motifs is 3. The summed E-state index contributed by atoms with van der Waals surface area (Å²) in [7, 11) is 0. The van der Waals surface area contributed by atoms with Crippen LogP contribution in [0.1, 0.15) is 28.0 Å². The van der Waals surface area contributed by atoms with Gasteiger partial charge < -0.3 is 5.32 Å². The fourth-order valence-electron chi connectivity index (χ4n) is 4.08. The summed E-state index contributed by atoms with van der Waals surface area (Å²) in [6.07, 6.45) is 7.78. The van der Waals surface area contributed by atoms with E-state index in [1.807, 2.05) is 18.2 Å². The molecule has 0 amide bonds. The molecule has 1 unspecified atom stereocenters. The Balaban J connectivity index is 1.36. The first-order valence-electron chi connectivity index (χ1n) is 10.0. The number of hydrogen-bond acceptors (Lipinski definition) is 5. The molecule has 1 N–H and O–H groups in total. The van der Waals surface area contributed by atoms with Crippen LogP contribution in [0.4, 0.5) is 4.39 Å². The Kier molecular flexibility index (Phi) is 5.14. The van der Waals surface area contributed by atoms with Crippen molar-refractivity contribution in [3.8, 4) is 0 Å². The molecule has 1 aliphatic carbocycles. The summed E-state index contributed by atoms with van der Waals surface area (Å²) in [5, 5.41) is 4.31. The van der Waals surface area contributed by atoms with Gasteiger partial charge in [0.25, 0.3) is 5.56 Å². The third kappa shape index (κ3) is 3.78. The number of pyridine rings is 1. The predicted molar refractivity (Wildman–Crippen MR) is 116 cm³/mol. The Morgan fingerprint density at radius 2 is 2.07 bits per heavy atom. The molecule has 4 aromatic rings. The molecule has 30 heavy (non-hydrogen) atoms. The zero-order chi connectivity index (χ0) is 20.5. The highest BCUT2D eigenvalue weighted by Gasteiger charge is 2.25. The van der Waals surface area contributed by atoms with Crippen LogP contribution in [-0.2, 0) is 25.9 Å². The van der Waals surface area contributed by atoms with Crippen LogP contribution in [0.2, 0.25) is 0 Å². The molecular formula is C23H21FN4OS. The molecule has 7 heteroatoms. The first kappa shape index (κ1) is 19.1. The minimum Gasteiger partial charge on any atom is -0.310 e. The van der Waals surface area contributed by atoms with Crippen molar-refractivity contribution < 1.29 is 4.39 Å². The SMILES string of the molecule is O=c1c2c3c(sc2ncn1Cc1ccncc1)CC(NCc1cccc(F)c1)CC3. The third-order valence-electron chi connectivity index (χ3n) is 5.62. The van der Waals surface area contributed by atoms with E-state index in [0.717, 1.165) is 46.2 Å². The maximum atomic E-state index is 13.4. The first-order valence-corrected chi connectivity index (χ1v) is 10.9. The van der Waals surface area contributed by atoms with Gasteiger partial charge in [0.15, 0.2) is 0 Å². The number of benzene rings is 1. The standard InChI is InChI=1S/C23H21FN4OS/c24-17-3-1-2-16(10-17)12-26-18-4-5-19-20(11-18)30-22-21(19)23(29)28(14-27-22)13-15-6-8-25-9-7-15/h1-3,6-10,14,18,26H,4-5,11-13H2. The van der Waals surface area contributed by atoms with Crippen molar-refractivity contribution in [3.63, 3.8) is 0 Å². The van der Waals surface area contributed by atoms with Crippen molar-refractivity contribution >= 4 is 21.6 Å². The first-order chi connectivity index (χ1) is 14.7. The Hall–Kier alpha value is -2.90. The molecule has 0 spiro atoms. The molecule has 1 atom stereocenters. The van der Waals surface area contributed by atoms with Crippen molar-refractivity contribution in [2.45, 2.75) is 38.4 Å². The number of rotatable bonds is 5. The van der Waals surface area contributed by atoms with E-state index in [1.54, 1.807) is 46.8 Å². The van der Waals surface area contributed by atoms with Crippen LogP contribution in [-0.4, -0.2) is 20.6 Å². The Morgan fingerprint density at radius 3 is 2.90 bits per heavy atom. The molecular weight excluding hydrogens is 399 g/mol. The van der Waals surface area contributed by atoms with Crippen molar-refractivity contribution in [1.82, 2.24) is 19.9 Å². The Labute approximate surface area is 177 Å². The van der Waals surface area contributed by atoms with E-state index in [1.165, 1.54) is 10.9 Å². The molecule has 3 heterocycles. The topological polar surface area (TPSA) is 59.8 Å². The molecule has 0 bridgehead atoms. The lowest BCUT2D eigenvalue weighted by atomic mass is 9.93. The van der Waals surface area contributed by atoms with Crippen LogP contribution < -0.4 is 10.9 Å². The van der Waals surface area contributed by atoms with Gasteiger partial charge in [-0.1, -0.05) is 12.1 Å².